The molecule has 37 heavy (non-hydrogen) atoms. The predicted molar refractivity (Wildman–Crippen MR) is 138 cm³/mol. The van der Waals surface area contributed by atoms with Gasteiger partial charge in [-0.15, -0.1) is 0 Å². The number of carbonyl (C=O) groups is 3. The highest BCUT2D eigenvalue weighted by Crippen LogP contribution is 2.39. The molecule has 0 saturated heterocycles. The second-order valence-electron chi connectivity index (χ2n) is 9.97. The van der Waals surface area contributed by atoms with E-state index in [1.807, 2.05) is 20.8 Å². The smallest absolute Gasteiger partial charge is 0.252 e. The Hall–Kier alpha value is -4.08. The summed E-state index contributed by atoms with van der Waals surface area (Å²) in [6, 6.07) is 6.33. The molecule has 1 aliphatic heterocycles. The summed E-state index contributed by atoms with van der Waals surface area (Å²) in [4.78, 5) is 37.9. The Morgan fingerprint density at radius 2 is 1.78 bits per heavy atom. The lowest BCUT2D eigenvalue weighted by atomic mass is 9.84. The summed E-state index contributed by atoms with van der Waals surface area (Å²) in [6.45, 7) is 8.21. The van der Waals surface area contributed by atoms with Crippen molar-refractivity contribution in [1.82, 2.24) is 4.90 Å². The molecule has 2 aromatic carbocycles. The maximum Gasteiger partial charge on any atom is 0.252 e. The van der Waals surface area contributed by atoms with Crippen LogP contribution in [0.1, 0.15) is 77.9 Å². The zero-order valence-electron chi connectivity index (χ0n) is 21.6. The SMILES string of the molecule is CCOc1cc2c(cc1C(N)=O)C(=N)N(CC(=O)c1cc(OCCCC(N)=O)c(O)c(C(C)(C)C)c1)C2. The average Bonchev–Trinajstić information content (AvgIpc) is 3.10. The van der Waals surface area contributed by atoms with Gasteiger partial charge in [0, 0.05) is 29.7 Å². The highest BCUT2D eigenvalue weighted by atomic mass is 16.5. The summed E-state index contributed by atoms with van der Waals surface area (Å²) in [5, 5.41) is 19.4. The van der Waals surface area contributed by atoms with Crippen molar-refractivity contribution in [2.24, 2.45) is 11.5 Å². The number of carbonyl (C=O) groups excluding carboxylic acids is 3. The molecule has 198 valence electrons. The van der Waals surface area contributed by atoms with Crippen molar-refractivity contribution in [2.45, 2.75) is 52.5 Å². The molecule has 6 N–H and O–H groups in total. The molecule has 1 heterocycles. The van der Waals surface area contributed by atoms with Crippen LogP contribution >= 0.6 is 0 Å². The Morgan fingerprint density at radius 3 is 2.38 bits per heavy atom. The number of amidine groups is 1. The Balaban J connectivity index is 1.86. The van der Waals surface area contributed by atoms with Crippen LogP contribution in [-0.2, 0) is 16.8 Å². The second-order valence-corrected chi connectivity index (χ2v) is 9.97. The van der Waals surface area contributed by atoms with Crippen molar-refractivity contribution in [3.05, 3.63) is 52.1 Å². The van der Waals surface area contributed by atoms with Crippen LogP contribution in [0.25, 0.3) is 0 Å². The second kappa shape index (κ2) is 10.9. The minimum atomic E-state index is -0.657. The fraction of sp³-hybridized carbons (Fsp3) is 0.407. The van der Waals surface area contributed by atoms with E-state index >= 15 is 0 Å². The van der Waals surface area contributed by atoms with Gasteiger partial charge in [0.05, 0.1) is 25.3 Å². The summed E-state index contributed by atoms with van der Waals surface area (Å²) in [7, 11) is 0. The van der Waals surface area contributed by atoms with E-state index in [0.29, 0.717) is 42.0 Å². The molecule has 0 saturated carbocycles. The number of phenols is 1. The Morgan fingerprint density at radius 1 is 1.08 bits per heavy atom. The first-order chi connectivity index (χ1) is 17.3. The van der Waals surface area contributed by atoms with Crippen molar-refractivity contribution < 1.29 is 29.0 Å². The van der Waals surface area contributed by atoms with Crippen LogP contribution in [-0.4, -0.2) is 53.2 Å². The molecule has 0 radical (unpaired) electrons. The number of hydrogen-bond acceptors (Lipinski definition) is 7. The molecule has 10 nitrogen and oxygen atoms in total. The quantitative estimate of drug-likeness (QED) is 0.266. The topological polar surface area (TPSA) is 169 Å². The fourth-order valence-electron chi connectivity index (χ4n) is 4.17. The number of rotatable bonds is 11. The minimum absolute atomic E-state index is 0.0631. The van der Waals surface area contributed by atoms with Crippen molar-refractivity contribution in [3.63, 3.8) is 0 Å². The molecule has 0 bridgehead atoms. The van der Waals surface area contributed by atoms with E-state index in [2.05, 4.69) is 0 Å². The summed E-state index contributed by atoms with van der Waals surface area (Å²) in [5.41, 5.74) is 12.5. The van der Waals surface area contributed by atoms with Gasteiger partial charge in [0.1, 0.15) is 11.6 Å². The monoisotopic (exact) mass is 510 g/mol. The van der Waals surface area contributed by atoms with E-state index in [9.17, 15) is 19.5 Å². The maximum absolute atomic E-state index is 13.4. The number of aromatic hydroxyl groups is 1. The molecule has 0 aromatic heterocycles. The molecule has 10 heteroatoms. The number of hydrogen-bond donors (Lipinski definition) is 4. The molecule has 2 amide bonds. The number of nitrogens with two attached hydrogens (primary N) is 2. The van der Waals surface area contributed by atoms with Gasteiger partial charge in [-0.3, -0.25) is 19.8 Å². The first-order valence-electron chi connectivity index (χ1n) is 12.1. The largest absolute Gasteiger partial charge is 0.504 e. The number of amides is 2. The third kappa shape index (κ3) is 6.19. The van der Waals surface area contributed by atoms with Crippen LogP contribution in [0.5, 0.6) is 17.2 Å². The Labute approximate surface area is 216 Å². The van der Waals surface area contributed by atoms with Gasteiger partial charge in [-0.1, -0.05) is 20.8 Å². The molecule has 0 fully saturated rings. The van der Waals surface area contributed by atoms with Crippen LogP contribution in [0.3, 0.4) is 0 Å². The number of ether oxygens (including phenoxy) is 2. The van der Waals surface area contributed by atoms with Crippen molar-refractivity contribution in [2.75, 3.05) is 19.8 Å². The molecule has 2 aromatic rings. The summed E-state index contributed by atoms with van der Waals surface area (Å²) in [5.74, 6) is -0.842. The van der Waals surface area contributed by atoms with Crippen LogP contribution in [0.2, 0.25) is 0 Å². The van der Waals surface area contributed by atoms with Crippen LogP contribution < -0.4 is 20.9 Å². The van der Waals surface area contributed by atoms with E-state index in [1.54, 1.807) is 24.0 Å². The zero-order chi connectivity index (χ0) is 27.5. The standard InChI is InChI=1S/C27H34N4O6/c1-5-36-21-11-16-13-31(25(29)17(16)12-18(21)26(30)35)14-20(32)15-9-19(27(2,3)4)24(34)22(10-15)37-8-6-7-23(28)33/h9-12,29,34H,5-8,13-14H2,1-4H3,(H2,28,33)(H2,30,35). The van der Waals surface area contributed by atoms with Gasteiger partial charge >= 0.3 is 0 Å². The van der Waals surface area contributed by atoms with Crippen LogP contribution in [0.15, 0.2) is 24.3 Å². The zero-order valence-corrected chi connectivity index (χ0v) is 21.6. The average molecular weight is 511 g/mol. The number of nitrogens with one attached hydrogen (secondary N) is 1. The number of nitrogens with zero attached hydrogens (tertiary/aromatic N) is 1. The molecule has 3 rings (SSSR count). The predicted octanol–water partition coefficient (Wildman–Crippen LogP) is 2.86. The van der Waals surface area contributed by atoms with Gasteiger partial charge < -0.3 is 30.9 Å². The van der Waals surface area contributed by atoms with Gasteiger partial charge in [-0.05, 0) is 48.6 Å². The molecule has 0 spiro atoms. The lowest BCUT2D eigenvalue weighted by Gasteiger charge is -2.24. The first-order valence-corrected chi connectivity index (χ1v) is 12.1. The van der Waals surface area contributed by atoms with Gasteiger partial charge in [-0.25, -0.2) is 0 Å². The third-order valence-corrected chi connectivity index (χ3v) is 6.07. The van der Waals surface area contributed by atoms with Crippen LogP contribution in [0.4, 0.5) is 0 Å². The van der Waals surface area contributed by atoms with Gasteiger partial charge in [0.15, 0.2) is 17.3 Å². The first kappa shape index (κ1) is 27.5. The minimum Gasteiger partial charge on any atom is -0.504 e. The highest BCUT2D eigenvalue weighted by molar-refractivity contribution is 6.07. The van der Waals surface area contributed by atoms with E-state index in [-0.39, 0.29) is 48.3 Å². The third-order valence-electron chi connectivity index (χ3n) is 6.07. The van der Waals surface area contributed by atoms with Gasteiger partial charge in [0.25, 0.3) is 5.91 Å². The summed E-state index contributed by atoms with van der Waals surface area (Å²) < 4.78 is 11.3. The number of phenolic OH excluding ortho intramolecular Hbond substituents is 1. The Kier molecular flexibility index (Phi) is 8.10. The van der Waals surface area contributed by atoms with Crippen LogP contribution in [0, 0.1) is 5.41 Å². The van der Waals surface area contributed by atoms with E-state index < -0.39 is 17.2 Å². The van der Waals surface area contributed by atoms with E-state index in [1.165, 1.54) is 12.1 Å². The number of fused-ring (bicyclic) bond motifs is 1. The van der Waals surface area contributed by atoms with Gasteiger partial charge in [0.2, 0.25) is 5.91 Å². The Bertz CT molecular complexity index is 1250. The molecular formula is C27H34N4O6. The van der Waals surface area contributed by atoms with Crippen molar-refractivity contribution in [1.29, 1.82) is 5.41 Å². The van der Waals surface area contributed by atoms with E-state index in [0.717, 1.165) is 5.56 Å². The maximum atomic E-state index is 13.4. The molecule has 0 aliphatic carbocycles. The number of benzene rings is 2. The molecule has 1 aliphatic rings. The number of ketones is 1. The highest BCUT2D eigenvalue weighted by Gasteiger charge is 2.30. The summed E-state index contributed by atoms with van der Waals surface area (Å²) in [6.07, 6.45) is 0.518. The molecule has 0 unspecified atom stereocenters. The number of primary amides is 2. The van der Waals surface area contributed by atoms with Crippen molar-refractivity contribution >= 4 is 23.4 Å². The lowest BCUT2D eigenvalue weighted by molar-refractivity contribution is -0.118. The molecule has 0 atom stereocenters. The normalized spacial score (nSPS) is 12.9. The van der Waals surface area contributed by atoms with Gasteiger partial charge in [-0.2, -0.15) is 0 Å². The fourth-order valence-corrected chi connectivity index (χ4v) is 4.17. The van der Waals surface area contributed by atoms with Crippen molar-refractivity contribution in [3.8, 4) is 17.2 Å². The number of Topliss-reactive ketones (excluding diaryl/α,β-unsaturated/α-hetero) is 1. The van der Waals surface area contributed by atoms with E-state index in [4.69, 9.17) is 26.4 Å². The lowest BCUT2D eigenvalue weighted by Crippen LogP contribution is -2.30. The molecular weight excluding hydrogens is 476 g/mol. The summed E-state index contributed by atoms with van der Waals surface area (Å²) >= 11 is 0.